The van der Waals surface area contributed by atoms with E-state index in [-0.39, 0.29) is 23.9 Å². The van der Waals surface area contributed by atoms with Crippen LogP contribution in [0.3, 0.4) is 0 Å². The minimum Gasteiger partial charge on any atom is -0.675 e. The van der Waals surface area contributed by atoms with E-state index in [1.165, 1.54) is 24.7 Å². The van der Waals surface area contributed by atoms with E-state index in [0.717, 1.165) is 18.9 Å². The number of ether oxygens (including phenoxy) is 1. The van der Waals surface area contributed by atoms with Gasteiger partial charge in [-0.05, 0) is 24.6 Å². The summed E-state index contributed by atoms with van der Waals surface area (Å²) in [5, 5.41) is 2.82. The highest BCUT2D eigenvalue weighted by Gasteiger charge is 2.22. The third-order valence-corrected chi connectivity index (χ3v) is 3.64. The molecule has 2 aromatic rings. The molecule has 2 heterocycles. The van der Waals surface area contributed by atoms with E-state index in [0.29, 0.717) is 5.56 Å². The van der Waals surface area contributed by atoms with Crippen molar-refractivity contribution in [1.29, 1.82) is 0 Å². The highest BCUT2D eigenvalue weighted by atomic mass is 19.3. The second-order valence-electron chi connectivity index (χ2n) is 6.53. The van der Waals surface area contributed by atoms with Crippen LogP contribution in [0.5, 0.6) is 5.88 Å². The molecule has 0 aliphatic rings. The Morgan fingerprint density at radius 2 is 1.86 bits per heavy atom. The lowest BCUT2D eigenvalue weighted by Crippen LogP contribution is -2.26. The van der Waals surface area contributed by atoms with Gasteiger partial charge in [0.05, 0.1) is 6.04 Å². The van der Waals surface area contributed by atoms with Crippen molar-refractivity contribution in [1.82, 2.24) is 15.3 Å². The van der Waals surface area contributed by atoms with Gasteiger partial charge in [0.15, 0.2) is 6.61 Å². The summed E-state index contributed by atoms with van der Waals surface area (Å²) in [6.45, 7) is 5.75. The SMILES string of the molecule is CC(NC(=O)c1ccncc1)c1ccc(OCC(C)(F)F)nc1.CCC(C)[NH-]. The number of amides is 1. The maximum Gasteiger partial charge on any atom is 0.278 e. The molecule has 0 bridgehead atoms. The molecular weight excluding hydrogens is 366 g/mol. The molecule has 28 heavy (non-hydrogen) atoms. The van der Waals surface area contributed by atoms with E-state index < -0.39 is 12.5 Å². The van der Waals surface area contributed by atoms with E-state index in [4.69, 9.17) is 10.5 Å². The van der Waals surface area contributed by atoms with Crippen LogP contribution in [0, 0.1) is 0 Å². The molecular formula is C20H27F2N4O2-. The van der Waals surface area contributed by atoms with Crippen LogP contribution >= 0.6 is 0 Å². The molecule has 154 valence electrons. The second kappa shape index (κ2) is 11.3. The van der Waals surface area contributed by atoms with Crippen molar-refractivity contribution in [3.63, 3.8) is 0 Å². The fourth-order valence-electron chi connectivity index (χ4n) is 1.80. The van der Waals surface area contributed by atoms with Gasteiger partial charge in [-0.1, -0.05) is 26.3 Å². The Morgan fingerprint density at radius 3 is 2.32 bits per heavy atom. The number of nitrogens with one attached hydrogen (secondary N) is 2. The summed E-state index contributed by atoms with van der Waals surface area (Å²) in [7, 11) is 0. The van der Waals surface area contributed by atoms with Crippen LogP contribution in [-0.2, 0) is 0 Å². The lowest BCUT2D eigenvalue weighted by molar-refractivity contribution is -0.0242. The zero-order valence-corrected chi connectivity index (χ0v) is 16.6. The quantitative estimate of drug-likeness (QED) is 0.729. The number of hydrogen-bond donors (Lipinski definition) is 1. The predicted octanol–water partition coefficient (Wildman–Crippen LogP) is 4.84. The smallest absolute Gasteiger partial charge is 0.278 e. The third kappa shape index (κ3) is 9.36. The molecule has 2 atom stereocenters. The fourth-order valence-corrected chi connectivity index (χ4v) is 1.80. The molecule has 0 saturated heterocycles. The number of carbonyl (C=O) groups excluding carboxylic acids is 1. The van der Waals surface area contributed by atoms with Gasteiger partial charge in [-0.25, -0.2) is 13.8 Å². The first kappa shape index (κ1) is 23.4. The van der Waals surface area contributed by atoms with Gasteiger partial charge in [0.2, 0.25) is 5.88 Å². The predicted molar refractivity (Wildman–Crippen MR) is 105 cm³/mol. The van der Waals surface area contributed by atoms with Crippen molar-refractivity contribution in [2.24, 2.45) is 0 Å². The van der Waals surface area contributed by atoms with Crippen molar-refractivity contribution in [3.05, 3.63) is 59.7 Å². The van der Waals surface area contributed by atoms with Crippen LogP contribution in [-0.4, -0.2) is 34.4 Å². The average molecular weight is 393 g/mol. The molecule has 0 aliphatic heterocycles. The van der Waals surface area contributed by atoms with E-state index in [1.54, 1.807) is 25.1 Å². The number of halogens is 2. The molecule has 0 aromatic carbocycles. The summed E-state index contributed by atoms with van der Waals surface area (Å²) in [6.07, 6.45) is 5.54. The number of nitrogens with zero attached hydrogens (tertiary/aromatic N) is 2. The molecule has 2 rings (SSSR count). The largest absolute Gasteiger partial charge is 0.675 e. The van der Waals surface area contributed by atoms with Gasteiger partial charge in [0.1, 0.15) is 0 Å². The molecule has 0 saturated carbocycles. The normalized spacial score (nSPS) is 13.0. The number of rotatable bonds is 7. The van der Waals surface area contributed by atoms with Crippen LogP contribution in [0.25, 0.3) is 5.73 Å². The van der Waals surface area contributed by atoms with Gasteiger partial charge in [-0.2, -0.15) is 0 Å². The third-order valence-electron chi connectivity index (χ3n) is 3.64. The summed E-state index contributed by atoms with van der Waals surface area (Å²) in [5.41, 5.74) is 8.07. The minimum absolute atomic E-state index is 0.114. The number of aromatic nitrogens is 2. The van der Waals surface area contributed by atoms with Crippen molar-refractivity contribution in [2.45, 2.75) is 52.1 Å². The highest BCUT2D eigenvalue weighted by molar-refractivity contribution is 5.94. The molecule has 6 nitrogen and oxygen atoms in total. The standard InChI is InChI=1S/C16H17F2N3O2.C4H10N/c1-11(21-15(22)12-5-7-19-8-6-12)13-3-4-14(20-9-13)23-10-16(2,17)18;1-3-4(2)5/h3-9,11H,10H2,1-2H3,(H,21,22);4-5H,3H2,1-2H3/q;-1. The zero-order chi connectivity index (χ0) is 21.2. The summed E-state index contributed by atoms with van der Waals surface area (Å²) >= 11 is 0. The summed E-state index contributed by atoms with van der Waals surface area (Å²) in [5.74, 6) is -3.03. The van der Waals surface area contributed by atoms with Crippen molar-refractivity contribution in [3.8, 4) is 5.88 Å². The lowest BCUT2D eigenvalue weighted by Gasteiger charge is -2.15. The van der Waals surface area contributed by atoms with E-state index in [2.05, 4.69) is 15.3 Å². The first-order valence-electron chi connectivity index (χ1n) is 9.01. The first-order chi connectivity index (χ1) is 13.1. The maximum atomic E-state index is 12.7. The van der Waals surface area contributed by atoms with Crippen molar-refractivity contribution >= 4 is 5.91 Å². The van der Waals surface area contributed by atoms with Gasteiger partial charge in [0, 0.05) is 37.1 Å². The molecule has 2 unspecified atom stereocenters. The zero-order valence-electron chi connectivity index (χ0n) is 16.6. The molecule has 0 fully saturated rings. The minimum atomic E-state index is -2.91. The Bertz CT molecular complexity index is 704. The topological polar surface area (TPSA) is 87.9 Å². The first-order valence-corrected chi connectivity index (χ1v) is 9.01. The van der Waals surface area contributed by atoms with Crippen LogP contribution in [0.1, 0.15) is 56.1 Å². The van der Waals surface area contributed by atoms with Crippen LogP contribution in [0.15, 0.2) is 42.9 Å². The van der Waals surface area contributed by atoms with Gasteiger partial charge in [-0.3, -0.25) is 9.78 Å². The Kier molecular flexibility index (Phi) is 9.44. The Balaban J connectivity index is 0.000000696. The van der Waals surface area contributed by atoms with E-state index in [9.17, 15) is 13.6 Å². The summed E-state index contributed by atoms with van der Waals surface area (Å²) in [4.78, 5) is 19.9. The van der Waals surface area contributed by atoms with Gasteiger partial charge >= 0.3 is 0 Å². The van der Waals surface area contributed by atoms with Gasteiger partial charge < -0.3 is 15.8 Å². The second-order valence-corrected chi connectivity index (χ2v) is 6.53. The Hall–Kier alpha value is -2.61. The summed E-state index contributed by atoms with van der Waals surface area (Å²) < 4.78 is 30.3. The molecule has 0 spiro atoms. The van der Waals surface area contributed by atoms with Crippen LogP contribution < -0.4 is 10.1 Å². The molecule has 8 heteroatoms. The van der Waals surface area contributed by atoms with Crippen LogP contribution in [0.4, 0.5) is 8.78 Å². The van der Waals surface area contributed by atoms with Crippen LogP contribution in [0.2, 0.25) is 0 Å². The Labute approximate surface area is 164 Å². The van der Waals surface area contributed by atoms with E-state index >= 15 is 0 Å². The number of carbonyl (C=O) groups is 1. The molecule has 1 amide bonds. The number of pyridine rings is 2. The van der Waals surface area contributed by atoms with Crippen molar-refractivity contribution < 1.29 is 18.3 Å². The maximum absolute atomic E-state index is 12.7. The Morgan fingerprint density at radius 1 is 1.25 bits per heavy atom. The monoisotopic (exact) mass is 393 g/mol. The molecule has 2 N–H and O–H groups in total. The fraction of sp³-hybridized carbons (Fsp3) is 0.450. The summed E-state index contributed by atoms with van der Waals surface area (Å²) in [6, 6.07) is 6.24. The molecule has 0 aliphatic carbocycles. The molecule has 2 aromatic heterocycles. The molecule has 0 radical (unpaired) electrons. The highest BCUT2D eigenvalue weighted by Crippen LogP contribution is 2.18. The lowest BCUT2D eigenvalue weighted by atomic mass is 10.1. The number of hydrogen-bond acceptors (Lipinski definition) is 4. The van der Waals surface area contributed by atoms with Crippen molar-refractivity contribution in [2.75, 3.05) is 6.61 Å². The average Bonchev–Trinajstić information content (AvgIpc) is 2.67. The van der Waals surface area contributed by atoms with Gasteiger partial charge in [-0.15, -0.1) is 6.04 Å². The van der Waals surface area contributed by atoms with E-state index in [1.807, 2.05) is 13.8 Å². The van der Waals surface area contributed by atoms with Gasteiger partial charge in [0.25, 0.3) is 11.8 Å². The number of alkyl halides is 2.